The number of nitrogens with one attached hydrogen (secondary N) is 1. The summed E-state index contributed by atoms with van der Waals surface area (Å²) in [5.41, 5.74) is -0.444. The molecule has 1 saturated heterocycles. The summed E-state index contributed by atoms with van der Waals surface area (Å²) >= 11 is 1.65. The summed E-state index contributed by atoms with van der Waals surface area (Å²) in [4.78, 5) is 18.6. The van der Waals surface area contributed by atoms with E-state index in [-0.39, 0.29) is 18.2 Å². The highest BCUT2D eigenvalue weighted by atomic mass is 32.1. The summed E-state index contributed by atoms with van der Waals surface area (Å²) in [6.07, 6.45) is 4.87. The monoisotopic (exact) mass is 325 g/mol. The first-order valence-corrected chi connectivity index (χ1v) is 8.87. The van der Waals surface area contributed by atoms with E-state index in [1.807, 2.05) is 37.2 Å². The molecule has 6 heteroatoms. The fraction of sp³-hybridized carbons (Fsp3) is 0.750. The van der Waals surface area contributed by atoms with Gasteiger partial charge in [-0.2, -0.15) is 0 Å². The summed E-state index contributed by atoms with van der Waals surface area (Å²) in [5.74, 6) is 0. The lowest BCUT2D eigenvalue weighted by Crippen LogP contribution is -2.50. The van der Waals surface area contributed by atoms with Crippen LogP contribution in [0.1, 0.15) is 58.0 Å². The van der Waals surface area contributed by atoms with Gasteiger partial charge in [0.05, 0.1) is 6.04 Å². The highest BCUT2D eigenvalue weighted by Crippen LogP contribution is 2.21. The predicted octanol–water partition coefficient (Wildman–Crippen LogP) is 3.58. The Morgan fingerprint density at radius 2 is 2.32 bits per heavy atom. The number of amides is 1. The lowest BCUT2D eigenvalue weighted by atomic mass is 10.0. The van der Waals surface area contributed by atoms with E-state index >= 15 is 0 Å². The molecular weight excluding hydrogens is 298 g/mol. The number of nitrogens with zero attached hydrogens (tertiary/aromatic N) is 2. The van der Waals surface area contributed by atoms with Crippen molar-refractivity contribution in [3.05, 3.63) is 16.6 Å². The van der Waals surface area contributed by atoms with Gasteiger partial charge in [0.25, 0.3) is 0 Å². The Morgan fingerprint density at radius 3 is 2.95 bits per heavy atom. The molecular formula is C16H27N3O2S. The molecule has 0 aliphatic carbocycles. The number of carbonyl (C=O) groups is 1. The van der Waals surface area contributed by atoms with E-state index in [4.69, 9.17) is 4.74 Å². The molecule has 0 aromatic carbocycles. The Balaban J connectivity index is 1.90. The highest BCUT2D eigenvalue weighted by Gasteiger charge is 2.30. The number of aromatic nitrogens is 1. The average molecular weight is 325 g/mol. The van der Waals surface area contributed by atoms with E-state index < -0.39 is 5.60 Å². The van der Waals surface area contributed by atoms with Gasteiger partial charge in [0, 0.05) is 30.7 Å². The van der Waals surface area contributed by atoms with Crippen LogP contribution in [0.5, 0.6) is 0 Å². The van der Waals surface area contributed by atoms with Crippen molar-refractivity contribution in [2.24, 2.45) is 0 Å². The third-order valence-corrected chi connectivity index (χ3v) is 4.69. The SMILES string of the molecule is C[C@@H](NC[C@@H]1CCCCN1C(=O)OC(C)(C)C)c1nccs1. The van der Waals surface area contributed by atoms with E-state index in [0.717, 1.165) is 37.4 Å². The summed E-state index contributed by atoms with van der Waals surface area (Å²) in [6.45, 7) is 9.40. The van der Waals surface area contributed by atoms with Gasteiger partial charge in [-0.3, -0.25) is 0 Å². The van der Waals surface area contributed by atoms with Gasteiger partial charge in [-0.25, -0.2) is 9.78 Å². The molecule has 1 N–H and O–H groups in total. The summed E-state index contributed by atoms with van der Waals surface area (Å²) in [5, 5.41) is 6.57. The summed E-state index contributed by atoms with van der Waals surface area (Å²) < 4.78 is 5.54. The number of thiazole rings is 1. The molecule has 0 saturated carbocycles. The lowest BCUT2D eigenvalue weighted by molar-refractivity contribution is 0.00970. The average Bonchev–Trinajstić information content (AvgIpc) is 2.97. The fourth-order valence-electron chi connectivity index (χ4n) is 2.62. The van der Waals surface area contributed by atoms with Gasteiger partial charge in [-0.15, -0.1) is 11.3 Å². The number of hydrogen-bond donors (Lipinski definition) is 1. The van der Waals surface area contributed by atoms with E-state index in [2.05, 4.69) is 17.2 Å². The normalized spacial score (nSPS) is 20.7. The van der Waals surface area contributed by atoms with Crippen LogP contribution in [0.4, 0.5) is 4.79 Å². The standard InChI is InChI=1S/C16H27N3O2S/c1-12(14-17-8-10-22-14)18-11-13-7-5-6-9-19(13)15(20)21-16(2,3)4/h8,10,12-13,18H,5-7,9,11H2,1-4H3/t12-,13+/m1/s1. The number of ether oxygens (including phenoxy) is 1. The highest BCUT2D eigenvalue weighted by molar-refractivity contribution is 7.09. The first-order valence-electron chi connectivity index (χ1n) is 7.99. The molecule has 1 amide bonds. The number of carbonyl (C=O) groups excluding carboxylic acids is 1. The molecule has 2 heterocycles. The van der Waals surface area contributed by atoms with Crippen LogP contribution in [-0.2, 0) is 4.74 Å². The number of rotatable bonds is 4. The van der Waals surface area contributed by atoms with Crippen LogP contribution < -0.4 is 5.32 Å². The maximum Gasteiger partial charge on any atom is 0.410 e. The second-order valence-electron chi connectivity index (χ2n) is 6.82. The molecule has 2 rings (SSSR count). The first kappa shape index (κ1) is 17.2. The molecule has 1 aromatic rings. The quantitative estimate of drug-likeness (QED) is 0.919. The van der Waals surface area contributed by atoms with E-state index in [0.29, 0.717) is 0 Å². The van der Waals surface area contributed by atoms with Crippen molar-refractivity contribution in [3.8, 4) is 0 Å². The third-order valence-electron chi connectivity index (χ3n) is 3.74. The van der Waals surface area contributed by atoms with Crippen LogP contribution in [0.3, 0.4) is 0 Å². The fourth-order valence-corrected chi connectivity index (χ4v) is 3.29. The Labute approximate surface area is 137 Å². The van der Waals surface area contributed by atoms with Gasteiger partial charge in [0.15, 0.2) is 0 Å². The van der Waals surface area contributed by atoms with Crippen LogP contribution in [0.25, 0.3) is 0 Å². The van der Waals surface area contributed by atoms with Gasteiger partial charge in [0.2, 0.25) is 0 Å². The minimum absolute atomic E-state index is 0.194. The molecule has 0 bridgehead atoms. The van der Waals surface area contributed by atoms with Crippen molar-refractivity contribution in [2.75, 3.05) is 13.1 Å². The van der Waals surface area contributed by atoms with Crippen molar-refractivity contribution < 1.29 is 9.53 Å². The van der Waals surface area contributed by atoms with Gasteiger partial charge in [0.1, 0.15) is 10.6 Å². The molecule has 0 spiro atoms. The zero-order valence-electron chi connectivity index (χ0n) is 14.0. The minimum atomic E-state index is -0.444. The second kappa shape index (κ2) is 7.42. The Kier molecular flexibility index (Phi) is 5.81. The second-order valence-corrected chi connectivity index (χ2v) is 7.75. The molecule has 0 unspecified atom stereocenters. The van der Waals surface area contributed by atoms with Crippen molar-refractivity contribution in [2.45, 2.75) is 64.6 Å². The number of likely N-dealkylation sites (tertiary alicyclic amines) is 1. The zero-order valence-corrected chi connectivity index (χ0v) is 14.8. The summed E-state index contributed by atoms with van der Waals surface area (Å²) in [6, 6.07) is 0.411. The maximum absolute atomic E-state index is 12.4. The van der Waals surface area contributed by atoms with E-state index in [9.17, 15) is 4.79 Å². The zero-order chi connectivity index (χ0) is 16.2. The first-order chi connectivity index (χ1) is 10.4. The van der Waals surface area contributed by atoms with Gasteiger partial charge in [-0.05, 0) is 47.0 Å². The van der Waals surface area contributed by atoms with Crippen molar-refractivity contribution in [3.63, 3.8) is 0 Å². The molecule has 0 radical (unpaired) electrons. The third kappa shape index (κ3) is 4.95. The molecule has 22 heavy (non-hydrogen) atoms. The Hall–Kier alpha value is -1.14. The molecule has 1 aliphatic rings. The van der Waals surface area contributed by atoms with Crippen LogP contribution >= 0.6 is 11.3 Å². The van der Waals surface area contributed by atoms with E-state index in [1.165, 1.54) is 0 Å². The van der Waals surface area contributed by atoms with Gasteiger partial charge < -0.3 is 15.0 Å². The number of hydrogen-bond acceptors (Lipinski definition) is 5. The molecule has 124 valence electrons. The van der Waals surface area contributed by atoms with Gasteiger partial charge >= 0.3 is 6.09 Å². The molecule has 1 fully saturated rings. The Morgan fingerprint density at radius 1 is 1.55 bits per heavy atom. The van der Waals surface area contributed by atoms with Crippen molar-refractivity contribution >= 4 is 17.4 Å². The van der Waals surface area contributed by atoms with Crippen molar-refractivity contribution in [1.29, 1.82) is 0 Å². The van der Waals surface area contributed by atoms with Crippen LogP contribution in [0, 0.1) is 0 Å². The van der Waals surface area contributed by atoms with Crippen LogP contribution in [0.15, 0.2) is 11.6 Å². The molecule has 5 nitrogen and oxygen atoms in total. The molecule has 1 aromatic heterocycles. The lowest BCUT2D eigenvalue weighted by Gasteiger charge is -2.37. The van der Waals surface area contributed by atoms with Crippen LogP contribution in [-0.4, -0.2) is 40.7 Å². The molecule has 2 atom stereocenters. The molecule has 1 aliphatic heterocycles. The van der Waals surface area contributed by atoms with Crippen molar-refractivity contribution in [1.82, 2.24) is 15.2 Å². The van der Waals surface area contributed by atoms with Crippen LogP contribution in [0.2, 0.25) is 0 Å². The van der Waals surface area contributed by atoms with E-state index in [1.54, 1.807) is 11.3 Å². The number of piperidine rings is 1. The smallest absolute Gasteiger partial charge is 0.410 e. The maximum atomic E-state index is 12.4. The summed E-state index contributed by atoms with van der Waals surface area (Å²) in [7, 11) is 0. The minimum Gasteiger partial charge on any atom is -0.444 e. The van der Waals surface area contributed by atoms with Gasteiger partial charge in [-0.1, -0.05) is 0 Å². The largest absolute Gasteiger partial charge is 0.444 e. The Bertz CT molecular complexity index is 470. The topological polar surface area (TPSA) is 54.5 Å². The predicted molar refractivity (Wildman–Crippen MR) is 89.1 cm³/mol.